The Bertz CT molecular complexity index is 575. The second kappa shape index (κ2) is 5.75. The van der Waals surface area contributed by atoms with Crippen molar-refractivity contribution >= 4 is 13.8 Å². The van der Waals surface area contributed by atoms with Crippen LogP contribution in [0.3, 0.4) is 0 Å². The summed E-state index contributed by atoms with van der Waals surface area (Å²) in [5.41, 5.74) is 0. The summed E-state index contributed by atoms with van der Waals surface area (Å²) in [6.45, 7) is 0.408. The first-order chi connectivity index (χ1) is 10.1. The molecule has 1 saturated heterocycles. The smallest absolute Gasteiger partial charge is 0.425 e. The maximum absolute atomic E-state index is 12.5. The molecule has 1 aromatic rings. The fourth-order valence-electron chi connectivity index (χ4n) is 2.22. The molecule has 8 nitrogen and oxygen atoms in total. The number of nitrogens with zero attached hydrogens (tertiary/aromatic N) is 1. The SMILES string of the molecule is COOP1(=O)Oc2ccc(cc2)OC(=O)C2CCCN2O1. The van der Waals surface area contributed by atoms with E-state index in [1.165, 1.54) is 36.4 Å². The summed E-state index contributed by atoms with van der Waals surface area (Å²) >= 11 is 0. The number of hydrogen-bond donors (Lipinski definition) is 0. The molecular weight excluding hydrogens is 301 g/mol. The van der Waals surface area contributed by atoms with Crippen LogP contribution in [0.25, 0.3) is 0 Å². The highest BCUT2D eigenvalue weighted by Crippen LogP contribution is 2.51. The molecule has 0 aliphatic carbocycles. The highest BCUT2D eigenvalue weighted by molar-refractivity contribution is 7.48. The molecule has 3 aliphatic rings. The Labute approximate surface area is 121 Å². The van der Waals surface area contributed by atoms with Crippen molar-refractivity contribution in [3.05, 3.63) is 24.3 Å². The minimum Gasteiger partial charge on any atom is -0.425 e. The van der Waals surface area contributed by atoms with Gasteiger partial charge in [0.15, 0.2) is 0 Å². The van der Waals surface area contributed by atoms with E-state index in [9.17, 15) is 9.36 Å². The molecule has 0 radical (unpaired) electrons. The van der Waals surface area contributed by atoms with E-state index in [2.05, 4.69) is 9.56 Å². The Morgan fingerprint density at radius 2 is 2.00 bits per heavy atom. The standard InChI is InChI=1S/C12H14NO7P/c1-16-20-21(15)18-10-6-4-9(5-7-10)17-12(14)11-3-2-8-13(11)19-21/h4-7,11H,2-3,8H2,1H3. The second-order valence-electron chi connectivity index (χ2n) is 4.55. The third-order valence-electron chi connectivity index (χ3n) is 3.11. The van der Waals surface area contributed by atoms with Gasteiger partial charge in [-0.2, -0.15) is 9.69 Å². The largest absolute Gasteiger partial charge is 0.574 e. The molecule has 21 heavy (non-hydrogen) atoms. The zero-order valence-electron chi connectivity index (χ0n) is 11.3. The monoisotopic (exact) mass is 315 g/mol. The number of carbonyl (C=O) groups excluding carboxylic acids is 1. The van der Waals surface area contributed by atoms with E-state index in [1.807, 2.05) is 0 Å². The Hall–Kier alpha value is -1.44. The number of carbonyl (C=O) groups is 1. The van der Waals surface area contributed by atoms with Crippen LogP contribution in [0.4, 0.5) is 0 Å². The van der Waals surface area contributed by atoms with Crippen molar-refractivity contribution in [3.8, 4) is 11.5 Å². The Kier molecular flexibility index (Phi) is 3.97. The third-order valence-corrected chi connectivity index (χ3v) is 4.28. The lowest BCUT2D eigenvalue weighted by atomic mass is 10.2. The predicted molar refractivity (Wildman–Crippen MR) is 69.2 cm³/mol. The molecule has 2 atom stereocenters. The van der Waals surface area contributed by atoms with Crippen LogP contribution in [0.1, 0.15) is 12.8 Å². The number of hydrogen-bond acceptors (Lipinski definition) is 8. The van der Waals surface area contributed by atoms with E-state index in [0.29, 0.717) is 25.1 Å². The summed E-state index contributed by atoms with van der Waals surface area (Å²) in [6.07, 6.45) is 1.23. The van der Waals surface area contributed by atoms with E-state index in [-0.39, 0.29) is 5.75 Å². The van der Waals surface area contributed by atoms with E-state index < -0.39 is 19.8 Å². The van der Waals surface area contributed by atoms with Gasteiger partial charge < -0.3 is 9.26 Å². The summed E-state index contributed by atoms with van der Waals surface area (Å²) in [4.78, 5) is 16.6. The molecule has 114 valence electrons. The highest BCUT2D eigenvalue weighted by Gasteiger charge is 2.42. The quantitative estimate of drug-likeness (QED) is 0.270. The van der Waals surface area contributed by atoms with Crippen molar-refractivity contribution in [2.45, 2.75) is 18.9 Å². The molecule has 0 aromatic heterocycles. The van der Waals surface area contributed by atoms with Crippen LogP contribution in [-0.2, 0) is 23.5 Å². The zero-order valence-corrected chi connectivity index (χ0v) is 12.2. The number of benzene rings is 1. The number of rotatable bonds is 2. The van der Waals surface area contributed by atoms with Crippen LogP contribution in [0.15, 0.2) is 24.3 Å². The van der Waals surface area contributed by atoms with E-state index >= 15 is 0 Å². The fraction of sp³-hybridized carbons (Fsp3) is 0.417. The highest BCUT2D eigenvalue weighted by atomic mass is 31.2. The van der Waals surface area contributed by atoms with E-state index in [1.54, 1.807) is 0 Å². The van der Waals surface area contributed by atoms with Crippen LogP contribution >= 0.6 is 7.82 Å². The fourth-order valence-corrected chi connectivity index (χ4v) is 3.33. The molecule has 1 aromatic carbocycles. The van der Waals surface area contributed by atoms with Crippen molar-refractivity contribution in [2.75, 3.05) is 13.7 Å². The lowest BCUT2D eigenvalue weighted by molar-refractivity contribution is -0.219. The van der Waals surface area contributed by atoms with Gasteiger partial charge in [-0.1, -0.05) is 0 Å². The van der Waals surface area contributed by atoms with Crippen molar-refractivity contribution in [1.29, 1.82) is 0 Å². The molecule has 9 heteroatoms. The molecule has 2 bridgehead atoms. The summed E-state index contributed by atoms with van der Waals surface area (Å²) < 4.78 is 33.0. The molecular formula is C12H14NO7P. The first-order valence-electron chi connectivity index (χ1n) is 6.40. The summed E-state index contributed by atoms with van der Waals surface area (Å²) in [5.74, 6) is 0.141. The van der Waals surface area contributed by atoms with Crippen LogP contribution in [0.2, 0.25) is 0 Å². The van der Waals surface area contributed by atoms with E-state index in [4.69, 9.17) is 13.9 Å². The van der Waals surface area contributed by atoms with Crippen molar-refractivity contribution in [2.24, 2.45) is 0 Å². The average Bonchev–Trinajstić information content (AvgIpc) is 2.87. The van der Waals surface area contributed by atoms with Gasteiger partial charge in [0.05, 0.1) is 7.11 Å². The lowest BCUT2D eigenvalue weighted by Crippen LogP contribution is -2.38. The maximum Gasteiger partial charge on any atom is 0.574 e. The minimum atomic E-state index is -4.05. The van der Waals surface area contributed by atoms with E-state index in [0.717, 1.165) is 0 Å². The van der Waals surface area contributed by atoms with Crippen molar-refractivity contribution in [1.82, 2.24) is 5.06 Å². The van der Waals surface area contributed by atoms with Gasteiger partial charge in [0, 0.05) is 6.54 Å². The van der Waals surface area contributed by atoms with Gasteiger partial charge in [0.25, 0.3) is 0 Å². The lowest BCUT2D eigenvalue weighted by Gasteiger charge is -2.24. The van der Waals surface area contributed by atoms with Crippen LogP contribution in [-0.4, -0.2) is 30.7 Å². The number of phosphoric acid groups is 1. The number of hydroxylamine groups is 2. The molecule has 3 heterocycles. The molecule has 1 fully saturated rings. The number of esters is 1. The molecule has 0 N–H and O–H groups in total. The average molecular weight is 315 g/mol. The summed E-state index contributed by atoms with van der Waals surface area (Å²) in [6, 6.07) is 5.39. The zero-order chi connectivity index (χ0) is 14.9. The van der Waals surface area contributed by atoms with Gasteiger partial charge >= 0.3 is 13.8 Å². The Balaban J connectivity index is 1.97. The first-order valence-corrected chi connectivity index (χ1v) is 7.86. The van der Waals surface area contributed by atoms with Crippen molar-refractivity contribution < 1.29 is 32.8 Å². The van der Waals surface area contributed by atoms with Gasteiger partial charge in [0.1, 0.15) is 17.5 Å². The van der Waals surface area contributed by atoms with Gasteiger partial charge in [-0.05, 0) is 37.1 Å². The molecule has 2 unspecified atom stereocenters. The maximum atomic E-state index is 12.5. The minimum absolute atomic E-state index is 0.243. The van der Waals surface area contributed by atoms with Gasteiger partial charge in [-0.15, -0.1) is 4.67 Å². The van der Waals surface area contributed by atoms with Crippen LogP contribution in [0, 0.1) is 0 Å². The van der Waals surface area contributed by atoms with Gasteiger partial charge in [-0.3, -0.25) is 0 Å². The van der Waals surface area contributed by atoms with Gasteiger partial charge in [-0.25, -0.2) is 14.2 Å². The Morgan fingerprint density at radius 3 is 2.71 bits per heavy atom. The topological polar surface area (TPSA) is 83.5 Å². The number of fused-ring (bicyclic) bond motifs is 5. The summed E-state index contributed by atoms with van der Waals surface area (Å²) in [7, 11) is -2.86. The molecule has 0 amide bonds. The number of ether oxygens (including phenoxy) is 1. The van der Waals surface area contributed by atoms with Crippen molar-refractivity contribution in [3.63, 3.8) is 0 Å². The molecule has 0 spiro atoms. The van der Waals surface area contributed by atoms with Gasteiger partial charge in [0.2, 0.25) is 0 Å². The molecule has 0 saturated carbocycles. The van der Waals surface area contributed by atoms with Crippen LogP contribution < -0.4 is 9.26 Å². The molecule has 4 rings (SSSR count). The first kappa shape index (κ1) is 14.5. The second-order valence-corrected chi connectivity index (χ2v) is 5.94. The molecule has 3 aliphatic heterocycles. The normalized spacial score (nSPS) is 29.4. The van der Waals surface area contributed by atoms with Crippen LogP contribution in [0.5, 0.6) is 11.5 Å². The summed E-state index contributed by atoms with van der Waals surface area (Å²) in [5, 5.41) is 1.26. The Morgan fingerprint density at radius 1 is 1.29 bits per heavy atom. The third kappa shape index (κ3) is 3.09. The predicted octanol–water partition coefficient (Wildman–Crippen LogP) is 2.07.